The summed E-state index contributed by atoms with van der Waals surface area (Å²) in [6.45, 7) is 8.44. The number of aliphatic hydroxyl groups excluding tert-OH is 2. The molecule has 0 amide bonds. The molecular formula is C21H28N4O3. The van der Waals surface area contributed by atoms with E-state index in [1.807, 2.05) is 4.90 Å². The van der Waals surface area contributed by atoms with Crippen molar-refractivity contribution < 1.29 is 14.6 Å². The predicted molar refractivity (Wildman–Crippen MR) is 109 cm³/mol. The minimum absolute atomic E-state index is 0.331. The van der Waals surface area contributed by atoms with Gasteiger partial charge in [-0.05, 0) is 50.2 Å². The van der Waals surface area contributed by atoms with Crippen molar-refractivity contribution in [3.8, 4) is 0 Å². The van der Waals surface area contributed by atoms with Gasteiger partial charge in [-0.2, -0.15) is 0 Å². The maximum absolute atomic E-state index is 9.92. The topological polar surface area (TPSA) is 95.5 Å². The highest BCUT2D eigenvalue weighted by atomic mass is 16.3. The summed E-state index contributed by atoms with van der Waals surface area (Å²) in [4.78, 5) is 15.7. The molecule has 0 saturated heterocycles. The van der Waals surface area contributed by atoms with Gasteiger partial charge in [-0.1, -0.05) is 13.8 Å². The van der Waals surface area contributed by atoms with Gasteiger partial charge in [0.15, 0.2) is 11.4 Å². The molecule has 3 aromatic rings. The molecule has 0 bridgehead atoms. The second-order valence-corrected chi connectivity index (χ2v) is 8.22. The number of hydrogen-bond acceptors (Lipinski definition) is 7. The van der Waals surface area contributed by atoms with Crippen LogP contribution in [0.3, 0.4) is 0 Å². The molecule has 2 atom stereocenters. The molecule has 0 radical (unpaired) electrons. The lowest BCUT2D eigenvalue weighted by Gasteiger charge is -2.26. The normalized spacial score (nSPS) is 16.1. The fourth-order valence-corrected chi connectivity index (χ4v) is 4.30. The molecule has 28 heavy (non-hydrogen) atoms. The Balaban J connectivity index is 1.95. The van der Waals surface area contributed by atoms with Crippen molar-refractivity contribution in [2.45, 2.75) is 65.1 Å². The Morgan fingerprint density at radius 2 is 1.71 bits per heavy atom. The second kappa shape index (κ2) is 7.29. The number of aliphatic hydroxyl groups is 2. The van der Waals surface area contributed by atoms with E-state index in [4.69, 9.17) is 9.40 Å². The molecule has 1 aliphatic rings. The van der Waals surface area contributed by atoms with Gasteiger partial charge < -0.3 is 19.5 Å². The summed E-state index contributed by atoms with van der Waals surface area (Å²) < 4.78 is 6.20. The number of nitrogens with zero attached hydrogens (tertiary/aromatic N) is 4. The van der Waals surface area contributed by atoms with Crippen LogP contribution in [0.25, 0.3) is 22.2 Å². The number of furan rings is 1. The molecule has 2 N–H and O–H groups in total. The maximum Gasteiger partial charge on any atom is 0.229 e. The second-order valence-electron chi connectivity index (χ2n) is 8.22. The van der Waals surface area contributed by atoms with Gasteiger partial charge in [-0.15, -0.1) is 0 Å². The Morgan fingerprint density at radius 3 is 2.36 bits per heavy atom. The highest BCUT2D eigenvalue weighted by Gasteiger charge is 2.27. The first kappa shape index (κ1) is 19.1. The molecule has 150 valence electrons. The van der Waals surface area contributed by atoms with Crippen LogP contribution in [0.15, 0.2) is 10.7 Å². The number of hydrogen-bond donors (Lipinski definition) is 2. The molecule has 0 spiro atoms. The Kier molecular flexibility index (Phi) is 4.97. The number of rotatable bonds is 6. The zero-order chi connectivity index (χ0) is 20.0. The van der Waals surface area contributed by atoms with Crippen LogP contribution < -0.4 is 4.90 Å². The van der Waals surface area contributed by atoms with Crippen molar-refractivity contribution in [1.29, 1.82) is 0 Å². The lowest BCUT2D eigenvalue weighted by atomic mass is 9.99. The fourth-order valence-electron chi connectivity index (χ4n) is 4.30. The van der Waals surface area contributed by atoms with Gasteiger partial charge in [0.2, 0.25) is 5.71 Å². The van der Waals surface area contributed by atoms with E-state index in [9.17, 15) is 10.2 Å². The molecule has 3 heterocycles. The van der Waals surface area contributed by atoms with E-state index in [0.717, 1.165) is 35.9 Å². The minimum Gasteiger partial charge on any atom is -0.432 e. The van der Waals surface area contributed by atoms with E-state index >= 15 is 0 Å². The first-order valence-electron chi connectivity index (χ1n) is 10.1. The molecule has 0 saturated carbocycles. The van der Waals surface area contributed by atoms with Crippen LogP contribution in [0.2, 0.25) is 0 Å². The molecule has 7 heteroatoms. The quantitative estimate of drug-likeness (QED) is 0.674. The van der Waals surface area contributed by atoms with Crippen molar-refractivity contribution in [1.82, 2.24) is 15.0 Å². The van der Waals surface area contributed by atoms with Crippen LogP contribution in [-0.2, 0) is 12.8 Å². The summed E-state index contributed by atoms with van der Waals surface area (Å²) in [5, 5.41) is 20.8. The van der Waals surface area contributed by atoms with Gasteiger partial charge in [0.1, 0.15) is 11.8 Å². The maximum atomic E-state index is 9.92. The van der Waals surface area contributed by atoms with E-state index in [0.29, 0.717) is 36.1 Å². The van der Waals surface area contributed by atoms with Gasteiger partial charge in [0, 0.05) is 13.1 Å². The van der Waals surface area contributed by atoms with Crippen LogP contribution in [0.1, 0.15) is 56.9 Å². The summed E-state index contributed by atoms with van der Waals surface area (Å²) >= 11 is 0. The third kappa shape index (κ3) is 3.22. The molecule has 1 aliphatic carbocycles. The summed E-state index contributed by atoms with van der Waals surface area (Å²) in [5.41, 5.74) is 5.70. The Morgan fingerprint density at radius 1 is 1.04 bits per heavy atom. The highest BCUT2D eigenvalue weighted by molar-refractivity contribution is 6.06. The van der Waals surface area contributed by atoms with Crippen molar-refractivity contribution in [2.75, 3.05) is 18.0 Å². The minimum atomic E-state index is -0.567. The van der Waals surface area contributed by atoms with Crippen LogP contribution >= 0.6 is 0 Å². The standard InChI is InChI=1S/C21H28N4O3/c1-11(2)17-15-7-5-6-14(15)16-18-19(28-21(16)24-17)20(23-10-22-18)25(8-12(3)26)9-13(4)27/h10-13,26-27H,5-9H2,1-4H3. The summed E-state index contributed by atoms with van der Waals surface area (Å²) in [7, 11) is 0. The van der Waals surface area contributed by atoms with E-state index in [-0.39, 0.29) is 0 Å². The van der Waals surface area contributed by atoms with Gasteiger partial charge in [0.05, 0.1) is 23.3 Å². The van der Waals surface area contributed by atoms with Crippen molar-refractivity contribution >= 4 is 28.0 Å². The largest absolute Gasteiger partial charge is 0.432 e. The summed E-state index contributed by atoms with van der Waals surface area (Å²) in [6, 6.07) is 0. The van der Waals surface area contributed by atoms with Crippen LogP contribution in [0.4, 0.5) is 5.82 Å². The zero-order valence-corrected chi connectivity index (χ0v) is 16.9. The van der Waals surface area contributed by atoms with Crippen LogP contribution in [-0.4, -0.2) is 50.5 Å². The van der Waals surface area contributed by atoms with Gasteiger partial charge in [0.25, 0.3) is 0 Å². The SMILES string of the molecule is CC(O)CN(CC(C)O)c1ncnc2c1oc1nc(C(C)C)c3c(c12)CCC3. The molecule has 0 aromatic carbocycles. The van der Waals surface area contributed by atoms with E-state index in [1.54, 1.807) is 13.8 Å². The molecule has 2 unspecified atom stereocenters. The van der Waals surface area contributed by atoms with E-state index in [2.05, 4.69) is 23.8 Å². The van der Waals surface area contributed by atoms with Gasteiger partial charge in [-0.25, -0.2) is 15.0 Å². The smallest absolute Gasteiger partial charge is 0.229 e. The third-order valence-electron chi connectivity index (χ3n) is 5.30. The Labute approximate surface area is 164 Å². The van der Waals surface area contributed by atoms with Crippen molar-refractivity contribution in [3.63, 3.8) is 0 Å². The number of aromatic nitrogens is 3. The van der Waals surface area contributed by atoms with Crippen LogP contribution in [0, 0.1) is 0 Å². The monoisotopic (exact) mass is 384 g/mol. The van der Waals surface area contributed by atoms with Gasteiger partial charge >= 0.3 is 0 Å². The molecular weight excluding hydrogens is 356 g/mol. The summed E-state index contributed by atoms with van der Waals surface area (Å²) in [6.07, 6.45) is 3.57. The average Bonchev–Trinajstić information content (AvgIpc) is 3.22. The third-order valence-corrected chi connectivity index (χ3v) is 5.30. The molecule has 0 aliphatic heterocycles. The predicted octanol–water partition coefficient (Wildman–Crippen LogP) is 2.95. The van der Waals surface area contributed by atoms with Crippen LogP contribution in [0.5, 0.6) is 0 Å². The van der Waals surface area contributed by atoms with Gasteiger partial charge in [-0.3, -0.25) is 0 Å². The Hall–Kier alpha value is -2.25. The zero-order valence-electron chi connectivity index (χ0n) is 16.9. The molecule has 7 nitrogen and oxygen atoms in total. The molecule has 0 fully saturated rings. The fraction of sp³-hybridized carbons (Fsp3) is 0.571. The lowest BCUT2D eigenvalue weighted by Crippen LogP contribution is -2.37. The van der Waals surface area contributed by atoms with E-state index < -0.39 is 12.2 Å². The number of fused-ring (bicyclic) bond motifs is 5. The van der Waals surface area contributed by atoms with Crippen molar-refractivity contribution in [2.24, 2.45) is 0 Å². The number of anilines is 1. The highest BCUT2D eigenvalue weighted by Crippen LogP contribution is 2.40. The van der Waals surface area contributed by atoms with E-state index in [1.165, 1.54) is 17.5 Å². The van der Waals surface area contributed by atoms with Crippen molar-refractivity contribution in [3.05, 3.63) is 23.1 Å². The first-order valence-corrected chi connectivity index (χ1v) is 10.1. The number of aryl methyl sites for hydroxylation is 1. The first-order chi connectivity index (χ1) is 13.4. The lowest BCUT2D eigenvalue weighted by molar-refractivity contribution is 0.178. The average molecular weight is 384 g/mol. The Bertz CT molecular complexity index is 1000. The molecule has 4 rings (SSSR count). The summed E-state index contributed by atoms with van der Waals surface area (Å²) in [5.74, 6) is 0.916. The molecule has 3 aromatic heterocycles. The number of pyridine rings is 1.